The minimum atomic E-state index is 0.563. The van der Waals surface area contributed by atoms with Crippen molar-refractivity contribution < 1.29 is 0 Å². The first kappa shape index (κ1) is 14.3. The molecule has 2 unspecified atom stereocenters. The molecule has 1 aliphatic carbocycles. The van der Waals surface area contributed by atoms with Crippen LogP contribution < -0.4 is 5.32 Å². The zero-order chi connectivity index (χ0) is 14.7. The second-order valence-corrected chi connectivity index (χ2v) is 5.99. The van der Waals surface area contributed by atoms with Crippen LogP contribution in [0.5, 0.6) is 0 Å². The van der Waals surface area contributed by atoms with Gasteiger partial charge in [0.2, 0.25) is 0 Å². The van der Waals surface area contributed by atoms with Crippen LogP contribution in [-0.2, 0) is 19.9 Å². The third kappa shape index (κ3) is 3.03. The number of benzene rings is 1. The van der Waals surface area contributed by atoms with Crippen LogP contribution in [0.2, 0.25) is 0 Å². The molecule has 0 radical (unpaired) electrons. The van der Waals surface area contributed by atoms with E-state index >= 15 is 0 Å². The zero-order valence-corrected chi connectivity index (χ0v) is 13.0. The molecular weight excluding hydrogens is 258 g/mol. The molecule has 1 aliphatic rings. The van der Waals surface area contributed by atoms with Crippen LogP contribution in [0.3, 0.4) is 0 Å². The van der Waals surface area contributed by atoms with E-state index in [2.05, 4.69) is 47.7 Å². The van der Waals surface area contributed by atoms with E-state index in [0.29, 0.717) is 12.0 Å². The molecule has 112 valence electrons. The summed E-state index contributed by atoms with van der Waals surface area (Å²) in [6.45, 7) is 3.24. The van der Waals surface area contributed by atoms with Crippen LogP contribution in [-0.4, -0.2) is 22.4 Å². The first-order chi connectivity index (χ1) is 10.3. The minimum Gasteiger partial charge on any atom is -0.314 e. The summed E-state index contributed by atoms with van der Waals surface area (Å²) in [5.74, 6) is 0.661. The van der Waals surface area contributed by atoms with Crippen LogP contribution in [0.15, 0.2) is 36.5 Å². The van der Waals surface area contributed by atoms with Crippen molar-refractivity contribution in [3.63, 3.8) is 0 Å². The Morgan fingerprint density at radius 1 is 1.33 bits per heavy atom. The maximum atomic E-state index is 4.27. The Hall–Kier alpha value is -1.61. The summed E-state index contributed by atoms with van der Waals surface area (Å²) in [5, 5.41) is 7.99. The molecule has 0 spiro atoms. The lowest BCUT2D eigenvalue weighted by atomic mass is 9.89. The molecule has 1 aromatic carbocycles. The van der Waals surface area contributed by atoms with Crippen LogP contribution in [0.25, 0.3) is 0 Å². The molecule has 21 heavy (non-hydrogen) atoms. The Kier molecular flexibility index (Phi) is 4.39. The topological polar surface area (TPSA) is 29.9 Å². The van der Waals surface area contributed by atoms with Gasteiger partial charge in [0.25, 0.3) is 0 Å². The number of likely N-dealkylation sites (N-methyl/N-ethyl adjacent to an activating group) is 1. The largest absolute Gasteiger partial charge is 0.314 e. The monoisotopic (exact) mass is 283 g/mol. The second-order valence-electron chi connectivity index (χ2n) is 5.99. The second kappa shape index (κ2) is 6.44. The Morgan fingerprint density at radius 2 is 2.19 bits per heavy atom. The summed E-state index contributed by atoms with van der Waals surface area (Å²) < 4.78 is 1.99. The average Bonchev–Trinajstić information content (AvgIpc) is 3.10. The van der Waals surface area contributed by atoms with Crippen molar-refractivity contribution >= 4 is 0 Å². The van der Waals surface area contributed by atoms with Gasteiger partial charge in [-0.2, -0.15) is 5.10 Å². The predicted octanol–water partition coefficient (Wildman–Crippen LogP) is 3.06. The standard InChI is InChI=1S/C18H25N3/c1-3-19-18(11-9-15-12-13-20-21(15)2)17-10-8-14-6-4-5-7-16(14)17/h4-7,12-13,17-19H,3,8-11H2,1-2H3. The lowest BCUT2D eigenvalue weighted by Gasteiger charge is -2.25. The van der Waals surface area contributed by atoms with Gasteiger partial charge in [-0.15, -0.1) is 0 Å². The van der Waals surface area contributed by atoms with Gasteiger partial charge in [-0.25, -0.2) is 0 Å². The van der Waals surface area contributed by atoms with Gasteiger partial charge in [0, 0.05) is 25.0 Å². The molecule has 0 bridgehead atoms. The lowest BCUT2D eigenvalue weighted by molar-refractivity contribution is 0.410. The minimum absolute atomic E-state index is 0.563. The van der Waals surface area contributed by atoms with Gasteiger partial charge < -0.3 is 5.32 Å². The number of hydrogen-bond donors (Lipinski definition) is 1. The van der Waals surface area contributed by atoms with Crippen molar-refractivity contribution in [2.75, 3.05) is 6.54 Å². The molecule has 3 nitrogen and oxygen atoms in total. The zero-order valence-electron chi connectivity index (χ0n) is 13.0. The summed E-state index contributed by atoms with van der Waals surface area (Å²) in [7, 11) is 2.03. The fourth-order valence-electron chi connectivity index (χ4n) is 3.67. The van der Waals surface area contributed by atoms with Gasteiger partial charge >= 0.3 is 0 Å². The van der Waals surface area contributed by atoms with Crippen LogP contribution in [0.4, 0.5) is 0 Å². The predicted molar refractivity (Wildman–Crippen MR) is 86.5 cm³/mol. The molecule has 0 saturated heterocycles. The molecular formula is C18H25N3. The van der Waals surface area contributed by atoms with E-state index in [1.165, 1.54) is 25.0 Å². The van der Waals surface area contributed by atoms with E-state index < -0.39 is 0 Å². The van der Waals surface area contributed by atoms with Gasteiger partial charge in [0.15, 0.2) is 0 Å². The number of nitrogens with zero attached hydrogens (tertiary/aromatic N) is 2. The maximum absolute atomic E-state index is 4.27. The molecule has 2 atom stereocenters. The molecule has 3 heteroatoms. The Morgan fingerprint density at radius 3 is 2.95 bits per heavy atom. The summed E-state index contributed by atoms with van der Waals surface area (Å²) in [6.07, 6.45) is 6.67. The highest BCUT2D eigenvalue weighted by atomic mass is 15.2. The van der Waals surface area contributed by atoms with E-state index in [1.807, 2.05) is 17.9 Å². The Bertz CT molecular complexity index is 588. The van der Waals surface area contributed by atoms with E-state index in [1.54, 1.807) is 11.1 Å². The maximum Gasteiger partial charge on any atom is 0.0492 e. The summed E-state index contributed by atoms with van der Waals surface area (Å²) >= 11 is 0. The normalized spacial score (nSPS) is 18.7. The van der Waals surface area contributed by atoms with E-state index in [4.69, 9.17) is 0 Å². The van der Waals surface area contributed by atoms with Crippen molar-refractivity contribution in [3.05, 3.63) is 53.3 Å². The van der Waals surface area contributed by atoms with Crippen LogP contribution >= 0.6 is 0 Å². The van der Waals surface area contributed by atoms with Crippen molar-refractivity contribution in [1.82, 2.24) is 15.1 Å². The first-order valence-electron chi connectivity index (χ1n) is 8.07. The third-order valence-corrected chi connectivity index (χ3v) is 4.77. The first-order valence-corrected chi connectivity index (χ1v) is 8.07. The van der Waals surface area contributed by atoms with E-state index in [-0.39, 0.29) is 0 Å². The van der Waals surface area contributed by atoms with Crippen molar-refractivity contribution in [2.24, 2.45) is 7.05 Å². The number of fused-ring (bicyclic) bond motifs is 1. The van der Waals surface area contributed by atoms with Gasteiger partial charge in [-0.3, -0.25) is 4.68 Å². The van der Waals surface area contributed by atoms with Gasteiger partial charge in [0.05, 0.1) is 0 Å². The Labute approximate surface area is 127 Å². The molecule has 0 aliphatic heterocycles. The summed E-state index contributed by atoms with van der Waals surface area (Å²) in [4.78, 5) is 0. The van der Waals surface area contributed by atoms with Gasteiger partial charge in [-0.05, 0) is 55.3 Å². The molecule has 3 rings (SSSR count). The smallest absolute Gasteiger partial charge is 0.0492 e. The Balaban J connectivity index is 1.72. The van der Waals surface area contributed by atoms with Gasteiger partial charge in [-0.1, -0.05) is 31.2 Å². The van der Waals surface area contributed by atoms with E-state index in [0.717, 1.165) is 13.0 Å². The fraction of sp³-hybridized carbons (Fsp3) is 0.500. The van der Waals surface area contributed by atoms with Crippen molar-refractivity contribution in [1.29, 1.82) is 0 Å². The number of hydrogen-bond acceptors (Lipinski definition) is 2. The van der Waals surface area contributed by atoms with E-state index in [9.17, 15) is 0 Å². The number of aryl methyl sites for hydroxylation is 3. The van der Waals surface area contributed by atoms with Crippen molar-refractivity contribution in [2.45, 2.75) is 44.6 Å². The summed E-state index contributed by atoms with van der Waals surface area (Å²) in [6, 6.07) is 11.7. The molecule has 0 saturated carbocycles. The highest BCUT2D eigenvalue weighted by Crippen LogP contribution is 2.36. The molecule has 0 amide bonds. The molecule has 0 fully saturated rings. The highest BCUT2D eigenvalue weighted by molar-refractivity contribution is 5.36. The molecule has 2 aromatic rings. The molecule has 1 aromatic heterocycles. The van der Waals surface area contributed by atoms with Crippen LogP contribution in [0.1, 0.15) is 42.5 Å². The number of aromatic nitrogens is 2. The number of rotatable bonds is 6. The summed E-state index contributed by atoms with van der Waals surface area (Å²) in [5.41, 5.74) is 4.43. The lowest BCUT2D eigenvalue weighted by Crippen LogP contribution is -2.34. The highest BCUT2D eigenvalue weighted by Gasteiger charge is 2.28. The molecule has 1 heterocycles. The fourth-order valence-corrected chi connectivity index (χ4v) is 3.67. The molecule has 1 N–H and O–H groups in total. The quantitative estimate of drug-likeness (QED) is 0.883. The third-order valence-electron chi connectivity index (χ3n) is 4.77. The van der Waals surface area contributed by atoms with Crippen LogP contribution in [0, 0.1) is 0 Å². The SMILES string of the molecule is CCNC(CCc1ccnn1C)C1CCc2ccccc21. The number of nitrogens with one attached hydrogen (secondary N) is 1. The van der Waals surface area contributed by atoms with Gasteiger partial charge in [0.1, 0.15) is 0 Å². The van der Waals surface area contributed by atoms with Crippen molar-refractivity contribution in [3.8, 4) is 0 Å². The average molecular weight is 283 g/mol.